The number of anilines is 1. The zero-order valence-corrected chi connectivity index (χ0v) is 9.88. The summed E-state index contributed by atoms with van der Waals surface area (Å²) >= 11 is 0. The summed E-state index contributed by atoms with van der Waals surface area (Å²) in [4.78, 5) is 0. The molecule has 0 saturated carbocycles. The van der Waals surface area contributed by atoms with Crippen LogP contribution in [0.25, 0.3) is 0 Å². The number of nitrogens with two attached hydrogens (primary N) is 1. The molecule has 0 bridgehead atoms. The predicted octanol–water partition coefficient (Wildman–Crippen LogP) is -2.94. The first kappa shape index (κ1) is 12.5. The van der Waals surface area contributed by atoms with Gasteiger partial charge in [-0.3, -0.25) is 4.68 Å². The van der Waals surface area contributed by atoms with Crippen molar-refractivity contribution >= 4 is 18.3 Å². The second-order valence-electron chi connectivity index (χ2n) is 2.18. The van der Waals surface area contributed by atoms with Crippen LogP contribution in [0.15, 0.2) is 6.20 Å². The molecule has 3 nitrogen and oxygen atoms in total. The van der Waals surface area contributed by atoms with E-state index in [1.165, 1.54) is 7.05 Å². The van der Waals surface area contributed by atoms with Crippen molar-refractivity contribution in [3.63, 3.8) is 0 Å². The fourth-order valence-electron chi connectivity index (χ4n) is 0.716. The quantitative estimate of drug-likeness (QED) is 0.496. The summed E-state index contributed by atoms with van der Waals surface area (Å²) < 4.78 is 37.0. The first-order chi connectivity index (χ1) is 4.93. The topological polar surface area (TPSA) is 43.8 Å². The van der Waals surface area contributed by atoms with Gasteiger partial charge in [-0.15, -0.1) is 0 Å². The third-order valence-corrected chi connectivity index (χ3v) is 1.37. The normalized spacial score (nSPS) is 11.0. The number of halogens is 3. The van der Waals surface area contributed by atoms with Gasteiger partial charge in [0.05, 0.1) is 5.82 Å². The van der Waals surface area contributed by atoms with E-state index in [-0.39, 0.29) is 57.2 Å². The van der Waals surface area contributed by atoms with Crippen molar-refractivity contribution in [3.8, 4) is 0 Å². The van der Waals surface area contributed by atoms with Crippen molar-refractivity contribution < 1.29 is 64.3 Å². The van der Waals surface area contributed by atoms with Gasteiger partial charge < -0.3 is 18.7 Å². The Hall–Kier alpha value is 0.501. The van der Waals surface area contributed by atoms with Crippen LogP contribution in [-0.2, 0) is 7.05 Å². The maximum atomic E-state index is 12.0. The molecule has 0 atom stereocenters. The van der Waals surface area contributed by atoms with E-state index < -0.39 is 12.4 Å². The largest absolute Gasteiger partial charge is 1.00 e. The van der Waals surface area contributed by atoms with Gasteiger partial charge in [-0.25, -0.2) is 0 Å². The summed E-state index contributed by atoms with van der Waals surface area (Å²) in [5.74, 6) is -0.336. The maximum absolute atomic E-state index is 12.0. The molecule has 1 rings (SSSR count). The van der Waals surface area contributed by atoms with Gasteiger partial charge in [-0.05, 0) is 5.46 Å². The Bertz CT molecular complexity index is 271. The molecular formula is C4H6BF3KN3. The second-order valence-corrected chi connectivity index (χ2v) is 2.18. The van der Waals surface area contributed by atoms with E-state index in [1.54, 1.807) is 0 Å². The van der Waals surface area contributed by atoms with Crippen LogP contribution < -0.4 is 62.6 Å². The molecule has 0 aliphatic carbocycles. The summed E-state index contributed by atoms with van der Waals surface area (Å²) in [6.07, 6.45) is 0.731. The van der Waals surface area contributed by atoms with E-state index in [0.29, 0.717) is 0 Å². The fourth-order valence-corrected chi connectivity index (χ4v) is 0.716. The summed E-state index contributed by atoms with van der Waals surface area (Å²) in [6.45, 7) is -5.02. The molecule has 2 N–H and O–H groups in total. The van der Waals surface area contributed by atoms with Crippen LogP contribution in [0.4, 0.5) is 18.8 Å². The smallest absolute Gasteiger partial charge is 0.445 e. The molecule has 0 unspecified atom stereocenters. The minimum atomic E-state index is -5.02. The van der Waals surface area contributed by atoms with Crippen molar-refractivity contribution in [2.75, 3.05) is 5.73 Å². The fraction of sp³-hybridized carbons (Fsp3) is 0.250. The van der Waals surface area contributed by atoms with E-state index in [1.807, 2.05) is 0 Å². The molecule has 1 heterocycles. The average Bonchev–Trinajstić information content (AvgIpc) is 2.11. The molecule has 0 saturated heterocycles. The second kappa shape index (κ2) is 4.14. The van der Waals surface area contributed by atoms with Crippen molar-refractivity contribution in [1.82, 2.24) is 9.78 Å². The zero-order chi connectivity index (χ0) is 8.65. The van der Waals surface area contributed by atoms with Gasteiger partial charge >= 0.3 is 58.4 Å². The first-order valence-electron chi connectivity index (χ1n) is 2.90. The first-order valence-corrected chi connectivity index (χ1v) is 2.90. The van der Waals surface area contributed by atoms with Gasteiger partial charge in [-0.1, -0.05) is 0 Å². The summed E-state index contributed by atoms with van der Waals surface area (Å²) in [6, 6.07) is 0. The molecule has 0 aromatic carbocycles. The van der Waals surface area contributed by atoms with Gasteiger partial charge in [0.2, 0.25) is 0 Å². The van der Waals surface area contributed by atoms with Crippen LogP contribution in [0.5, 0.6) is 0 Å². The Kier molecular flexibility index (Phi) is 4.31. The van der Waals surface area contributed by atoms with Gasteiger partial charge in [0.15, 0.2) is 0 Å². The molecule has 1 aromatic heterocycles. The van der Waals surface area contributed by atoms with Crippen LogP contribution in [0.3, 0.4) is 0 Å². The molecule has 12 heavy (non-hydrogen) atoms. The number of nitrogen functional groups attached to an aromatic ring is 1. The molecule has 0 aliphatic rings. The summed E-state index contributed by atoms with van der Waals surface area (Å²) in [5, 5.41) is 3.37. The van der Waals surface area contributed by atoms with E-state index in [0.717, 1.165) is 10.9 Å². The third-order valence-electron chi connectivity index (χ3n) is 1.37. The minimum Gasteiger partial charge on any atom is -0.445 e. The van der Waals surface area contributed by atoms with Crippen LogP contribution in [-0.4, -0.2) is 16.8 Å². The predicted molar refractivity (Wildman–Crippen MR) is 36.3 cm³/mol. The Morgan fingerprint density at radius 1 is 1.50 bits per heavy atom. The Balaban J connectivity index is 0.00000121. The van der Waals surface area contributed by atoms with Crippen molar-refractivity contribution in [2.24, 2.45) is 7.05 Å². The summed E-state index contributed by atoms with van der Waals surface area (Å²) in [5.41, 5.74) is 4.26. The van der Waals surface area contributed by atoms with Crippen LogP contribution in [0, 0.1) is 0 Å². The molecule has 0 fully saturated rings. The molecule has 0 aliphatic heterocycles. The molecule has 62 valence electrons. The van der Waals surface area contributed by atoms with E-state index in [2.05, 4.69) is 5.10 Å². The van der Waals surface area contributed by atoms with Crippen molar-refractivity contribution in [1.29, 1.82) is 0 Å². The Morgan fingerprint density at radius 3 is 2.17 bits per heavy atom. The molecule has 0 amide bonds. The number of aromatic nitrogens is 2. The summed E-state index contributed by atoms with van der Waals surface area (Å²) in [7, 11) is 1.36. The molecular weight excluding hydrogens is 197 g/mol. The Labute approximate surface area is 110 Å². The van der Waals surface area contributed by atoms with Crippen molar-refractivity contribution in [3.05, 3.63) is 6.20 Å². The van der Waals surface area contributed by atoms with Crippen molar-refractivity contribution in [2.45, 2.75) is 0 Å². The Morgan fingerprint density at radius 2 is 2.00 bits per heavy atom. The van der Waals surface area contributed by atoms with Crippen LogP contribution >= 0.6 is 0 Å². The minimum absolute atomic E-state index is 0. The molecule has 8 heteroatoms. The van der Waals surface area contributed by atoms with Gasteiger partial charge in [0, 0.05) is 13.2 Å². The van der Waals surface area contributed by atoms with Gasteiger partial charge in [-0.2, -0.15) is 5.10 Å². The standard InChI is InChI=1S/C4H6BF3N3.K/c1-11-4(9)3(2-10-11)5(6,7)8;/h2H,9H2,1H3;/q-1;+1. The number of nitrogens with zero attached hydrogens (tertiary/aromatic N) is 2. The monoisotopic (exact) mass is 203 g/mol. The van der Waals surface area contributed by atoms with E-state index in [9.17, 15) is 12.9 Å². The van der Waals surface area contributed by atoms with E-state index in [4.69, 9.17) is 5.73 Å². The number of hydrogen-bond acceptors (Lipinski definition) is 2. The molecule has 0 radical (unpaired) electrons. The zero-order valence-electron chi connectivity index (χ0n) is 6.76. The van der Waals surface area contributed by atoms with E-state index >= 15 is 0 Å². The SMILES string of the molecule is Cn1ncc([B-](F)(F)F)c1N.[K+]. The van der Waals surface area contributed by atoms with Gasteiger partial charge in [0.25, 0.3) is 0 Å². The third kappa shape index (κ3) is 2.49. The maximum Gasteiger partial charge on any atom is 1.00 e. The number of aryl methyl sites for hydroxylation is 1. The van der Waals surface area contributed by atoms with Crippen LogP contribution in [0.1, 0.15) is 0 Å². The van der Waals surface area contributed by atoms with Gasteiger partial charge in [0.1, 0.15) is 0 Å². The molecule has 0 spiro atoms. The number of rotatable bonds is 1. The van der Waals surface area contributed by atoms with Crippen LogP contribution in [0.2, 0.25) is 0 Å². The average molecular weight is 203 g/mol. The molecule has 1 aromatic rings. The number of hydrogen-bond donors (Lipinski definition) is 1.